The number of anilines is 3. The van der Waals surface area contributed by atoms with Crippen LogP contribution in [0.2, 0.25) is 0 Å². The molecule has 1 rings (SSSR count). The van der Waals surface area contributed by atoms with Gasteiger partial charge in [0, 0.05) is 12.6 Å². The number of nitrogens with two attached hydrogens (primary N) is 1. The fourth-order valence-corrected chi connectivity index (χ4v) is 1.70. The first kappa shape index (κ1) is 16.0. The average molecular weight is 281 g/mol. The van der Waals surface area contributed by atoms with Gasteiger partial charge in [0.25, 0.3) is 0 Å². The van der Waals surface area contributed by atoms with E-state index in [1.807, 2.05) is 13.8 Å². The lowest BCUT2D eigenvalue weighted by Crippen LogP contribution is -2.34. The maximum atomic E-state index is 11.2. The van der Waals surface area contributed by atoms with Crippen molar-refractivity contribution in [2.45, 2.75) is 39.7 Å². The number of hydrogen-bond acceptors (Lipinski definition) is 6. The van der Waals surface area contributed by atoms with E-state index in [0.29, 0.717) is 11.6 Å². The molecule has 1 heterocycles. The van der Waals surface area contributed by atoms with Crippen molar-refractivity contribution in [2.75, 3.05) is 22.9 Å². The molecule has 0 spiro atoms. The maximum Gasteiger partial charge on any atom is 0.326 e. The second-order valence-electron chi connectivity index (χ2n) is 4.98. The number of carboxylic acids is 1. The number of unbranched alkanes of at least 4 members (excludes halogenated alkanes) is 1. The van der Waals surface area contributed by atoms with E-state index in [2.05, 4.69) is 27.5 Å². The molecular weight excluding hydrogens is 258 g/mol. The minimum absolute atomic E-state index is 0.0693. The Morgan fingerprint density at radius 2 is 2.05 bits per heavy atom. The number of carbonyl (C=O) groups is 1. The number of nitrogens with zero attached hydrogens (tertiary/aromatic N) is 2. The smallest absolute Gasteiger partial charge is 0.326 e. The maximum absolute atomic E-state index is 11.2. The van der Waals surface area contributed by atoms with Crippen LogP contribution in [0.1, 0.15) is 33.6 Å². The Bertz CT molecular complexity index is 450. The molecule has 0 bridgehead atoms. The van der Waals surface area contributed by atoms with Crippen LogP contribution in [0, 0.1) is 5.92 Å². The normalized spacial score (nSPS) is 12.2. The van der Waals surface area contributed by atoms with Gasteiger partial charge in [-0.2, -0.15) is 9.97 Å². The van der Waals surface area contributed by atoms with Crippen LogP contribution in [0.15, 0.2) is 6.07 Å². The van der Waals surface area contributed by atoms with Crippen LogP contribution in [0.3, 0.4) is 0 Å². The van der Waals surface area contributed by atoms with Crippen molar-refractivity contribution >= 4 is 23.6 Å². The molecule has 5 N–H and O–H groups in total. The first-order chi connectivity index (χ1) is 9.43. The van der Waals surface area contributed by atoms with Crippen LogP contribution in [0.4, 0.5) is 17.6 Å². The van der Waals surface area contributed by atoms with Crippen LogP contribution in [0.5, 0.6) is 0 Å². The van der Waals surface area contributed by atoms with Crippen LogP contribution in [-0.2, 0) is 4.79 Å². The van der Waals surface area contributed by atoms with Gasteiger partial charge in [-0.1, -0.05) is 27.2 Å². The van der Waals surface area contributed by atoms with E-state index >= 15 is 0 Å². The Balaban J connectivity index is 2.81. The van der Waals surface area contributed by atoms with Crippen LogP contribution in [-0.4, -0.2) is 33.6 Å². The number of nitrogen functional groups attached to an aromatic ring is 1. The summed E-state index contributed by atoms with van der Waals surface area (Å²) in [5, 5.41) is 15.2. The van der Waals surface area contributed by atoms with E-state index in [4.69, 9.17) is 10.8 Å². The fourth-order valence-electron chi connectivity index (χ4n) is 1.70. The lowest BCUT2D eigenvalue weighted by Gasteiger charge is -2.19. The Hall–Kier alpha value is -2.05. The number of rotatable bonds is 8. The highest BCUT2D eigenvalue weighted by atomic mass is 16.4. The van der Waals surface area contributed by atoms with Crippen molar-refractivity contribution in [1.29, 1.82) is 0 Å². The zero-order valence-corrected chi connectivity index (χ0v) is 12.2. The van der Waals surface area contributed by atoms with E-state index < -0.39 is 12.0 Å². The average Bonchev–Trinajstić information content (AvgIpc) is 2.35. The molecule has 112 valence electrons. The van der Waals surface area contributed by atoms with E-state index in [9.17, 15) is 4.79 Å². The van der Waals surface area contributed by atoms with Gasteiger partial charge >= 0.3 is 5.97 Å². The molecule has 0 radical (unpaired) electrons. The van der Waals surface area contributed by atoms with Gasteiger partial charge in [-0.05, 0) is 12.3 Å². The SMILES string of the molecule is CCCCNc1cc(N[C@@H](C(=O)O)C(C)C)nc(N)n1. The first-order valence-corrected chi connectivity index (χ1v) is 6.81. The van der Waals surface area contributed by atoms with Gasteiger partial charge in [0.2, 0.25) is 5.95 Å². The first-order valence-electron chi connectivity index (χ1n) is 6.81. The van der Waals surface area contributed by atoms with E-state index in [1.165, 1.54) is 0 Å². The minimum atomic E-state index is -0.919. The number of nitrogens with one attached hydrogen (secondary N) is 2. The van der Waals surface area contributed by atoms with Crippen molar-refractivity contribution in [3.8, 4) is 0 Å². The van der Waals surface area contributed by atoms with Gasteiger partial charge in [-0.25, -0.2) is 4.79 Å². The zero-order chi connectivity index (χ0) is 15.1. The predicted octanol–water partition coefficient (Wildman–Crippen LogP) is 1.79. The molecule has 1 aromatic rings. The largest absolute Gasteiger partial charge is 0.480 e. The van der Waals surface area contributed by atoms with Crippen LogP contribution < -0.4 is 16.4 Å². The molecule has 0 aliphatic carbocycles. The molecule has 1 atom stereocenters. The third-order valence-corrected chi connectivity index (χ3v) is 2.82. The second kappa shape index (κ2) is 7.52. The molecule has 7 nitrogen and oxygen atoms in total. The summed E-state index contributed by atoms with van der Waals surface area (Å²) in [6.45, 7) is 6.55. The standard InChI is InChI=1S/C13H23N5O2/c1-4-5-6-15-9-7-10(18-13(14)17-9)16-11(8(2)3)12(19)20/h7-8,11H,4-6H2,1-3H3,(H,19,20)(H4,14,15,16,17,18)/t11-/m1/s1. The third kappa shape index (κ3) is 4.91. The summed E-state index contributed by atoms with van der Waals surface area (Å²) < 4.78 is 0. The van der Waals surface area contributed by atoms with Crippen molar-refractivity contribution in [2.24, 2.45) is 5.92 Å². The molecule has 0 fully saturated rings. The lowest BCUT2D eigenvalue weighted by atomic mass is 10.1. The summed E-state index contributed by atoms with van der Waals surface area (Å²) >= 11 is 0. The highest BCUT2D eigenvalue weighted by molar-refractivity contribution is 5.77. The summed E-state index contributed by atoms with van der Waals surface area (Å²) in [6.07, 6.45) is 2.10. The molecule has 0 aromatic carbocycles. The monoisotopic (exact) mass is 281 g/mol. The lowest BCUT2D eigenvalue weighted by molar-refractivity contribution is -0.138. The van der Waals surface area contributed by atoms with Gasteiger partial charge in [0.1, 0.15) is 17.7 Å². The van der Waals surface area contributed by atoms with E-state index in [-0.39, 0.29) is 11.9 Å². The Labute approximate surface area is 119 Å². The topological polar surface area (TPSA) is 113 Å². The Kier molecular flexibility index (Phi) is 6.02. The molecule has 0 saturated heterocycles. The van der Waals surface area contributed by atoms with Gasteiger partial charge < -0.3 is 21.5 Å². The summed E-state index contributed by atoms with van der Waals surface area (Å²) in [6, 6.07) is 0.956. The summed E-state index contributed by atoms with van der Waals surface area (Å²) in [5.74, 6) is 0.138. The molecule has 0 aliphatic rings. The predicted molar refractivity (Wildman–Crippen MR) is 79.7 cm³/mol. The van der Waals surface area contributed by atoms with Gasteiger partial charge in [-0.15, -0.1) is 0 Å². The molecule has 7 heteroatoms. The van der Waals surface area contributed by atoms with Crippen molar-refractivity contribution in [3.05, 3.63) is 6.07 Å². The van der Waals surface area contributed by atoms with E-state index in [1.54, 1.807) is 6.07 Å². The molecule has 0 saturated carbocycles. The number of aromatic nitrogens is 2. The molecular formula is C13H23N5O2. The summed E-state index contributed by atoms with van der Waals surface area (Å²) in [5.41, 5.74) is 5.64. The highest BCUT2D eigenvalue weighted by Crippen LogP contribution is 2.16. The summed E-state index contributed by atoms with van der Waals surface area (Å²) in [4.78, 5) is 19.3. The summed E-state index contributed by atoms with van der Waals surface area (Å²) in [7, 11) is 0. The van der Waals surface area contributed by atoms with Crippen molar-refractivity contribution < 1.29 is 9.90 Å². The van der Waals surface area contributed by atoms with Gasteiger partial charge in [0.15, 0.2) is 0 Å². The van der Waals surface area contributed by atoms with Crippen LogP contribution in [0.25, 0.3) is 0 Å². The fraction of sp³-hybridized carbons (Fsp3) is 0.615. The Morgan fingerprint density at radius 1 is 1.40 bits per heavy atom. The van der Waals surface area contributed by atoms with Gasteiger partial charge in [-0.3, -0.25) is 0 Å². The van der Waals surface area contributed by atoms with Gasteiger partial charge in [0.05, 0.1) is 0 Å². The number of hydrogen-bond donors (Lipinski definition) is 4. The molecule has 0 amide bonds. The quantitative estimate of drug-likeness (QED) is 0.537. The van der Waals surface area contributed by atoms with Crippen molar-refractivity contribution in [3.63, 3.8) is 0 Å². The molecule has 1 aromatic heterocycles. The Morgan fingerprint density at radius 3 is 2.60 bits per heavy atom. The van der Waals surface area contributed by atoms with Crippen LogP contribution >= 0.6 is 0 Å². The molecule has 20 heavy (non-hydrogen) atoms. The number of carboxylic acid groups (broad SMARTS) is 1. The number of aliphatic carboxylic acids is 1. The van der Waals surface area contributed by atoms with Crippen molar-refractivity contribution in [1.82, 2.24) is 9.97 Å². The third-order valence-electron chi connectivity index (χ3n) is 2.82. The minimum Gasteiger partial charge on any atom is -0.480 e. The highest BCUT2D eigenvalue weighted by Gasteiger charge is 2.21. The molecule has 0 unspecified atom stereocenters. The second-order valence-corrected chi connectivity index (χ2v) is 4.98. The zero-order valence-electron chi connectivity index (χ0n) is 12.2. The molecule has 0 aliphatic heterocycles. The van der Waals surface area contributed by atoms with E-state index in [0.717, 1.165) is 19.4 Å².